The molecule has 0 aliphatic carbocycles. The lowest BCUT2D eigenvalue weighted by Gasteiger charge is -2.35. The van der Waals surface area contributed by atoms with E-state index in [4.69, 9.17) is 9.84 Å². The van der Waals surface area contributed by atoms with Gasteiger partial charge in [0.15, 0.2) is 0 Å². The number of aromatic nitrogens is 2. The molecule has 0 amide bonds. The number of hydrogen-bond acceptors (Lipinski definition) is 6. The van der Waals surface area contributed by atoms with Gasteiger partial charge in [-0.2, -0.15) is 0 Å². The Bertz CT molecular complexity index is 377. The number of rotatable bonds is 4. The fraction of sp³-hybridized carbons (Fsp3) is 0.667. The van der Waals surface area contributed by atoms with E-state index in [0.717, 1.165) is 0 Å². The molecule has 0 radical (unpaired) electrons. The summed E-state index contributed by atoms with van der Waals surface area (Å²) in [7, 11) is 1.87. The van der Waals surface area contributed by atoms with Crippen molar-refractivity contribution in [3.63, 3.8) is 0 Å². The summed E-state index contributed by atoms with van der Waals surface area (Å²) in [6.07, 6.45) is 4.42. The highest BCUT2D eigenvalue weighted by atomic mass is 16.5. The van der Waals surface area contributed by atoms with Crippen molar-refractivity contribution in [2.24, 2.45) is 0 Å². The van der Waals surface area contributed by atoms with E-state index < -0.39 is 5.60 Å². The second-order valence-corrected chi connectivity index (χ2v) is 4.72. The first-order chi connectivity index (χ1) is 8.63. The van der Waals surface area contributed by atoms with E-state index in [1.165, 1.54) is 0 Å². The van der Waals surface area contributed by atoms with Gasteiger partial charge < -0.3 is 19.8 Å². The molecule has 0 atom stereocenters. The predicted octanol–water partition coefficient (Wildman–Crippen LogP) is -0.0534. The molecule has 2 N–H and O–H groups in total. The van der Waals surface area contributed by atoms with Gasteiger partial charge in [-0.25, -0.2) is 4.98 Å². The molecule has 1 aliphatic heterocycles. The second kappa shape index (κ2) is 5.60. The van der Waals surface area contributed by atoms with Gasteiger partial charge in [-0.1, -0.05) is 0 Å². The molecule has 0 bridgehead atoms. The van der Waals surface area contributed by atoms with Crippen LogP contribution in [0.15, 0.2) is 12.4 Å². The molecule has 0 saturated carbocycles. The molecule has 6 heteroatoms. The van der Waals surface area contributed by atoms with Gasteiger partial charge in [0.1, 0.15) is 5.82 Å². The molecular formula is C12H19N3O3. The summed E-state index contributed by atoms with van der Waals surface area (Å²) < 4.78 is 5.25. The lowest BCUT2D eigenvalue weighted by atomic mass is 9.94. The van der Waals surface area contributed by atoms with Crippen LogP contribution in [0.25, 0.3) is 0 Å². The number of ether oxygens (including phenoxy) is 1. The number of aliphatic hydroxyl groups is 2. The maximum atomic E-state index is 10.4. The van der Waals surface area contributed by atoms with Gasteiger partial charge in [0.05, 0.1) is 30.3 Å². The summed E-state index contributed by atoms with van der Waals surface area (Å²) >= 11 is 0. The average Bonchev–Trinajstić information content (AvgIpc) is 2.39. The molecule has 1 saturated heterocycles. The lowest BCUT2D eigenvalue weighted by Crippen LogP contribution is -2.46. The maximum absolute atomic E-state index is 10.4. The third-order valence-corrected chi connectivity index (χ3v) is 3.20. The molecule has 1 aliphatic rings. The minimum absolute atomic E-state index is 0.113. The van der Waals surface area contributed by atoms with Crippen molar-refractivity contribution in [2.45, 2.75) is 25.0 Å². The largest absolute Gasteiger partial charge is 0.390 e. The van der Waals surface area contributed by atoms with E-state index in [9.17, 15) is 5.11 Å². The number of likely N-dealkylation sites (N-methyl/N-ethyl adjacent to an activating group) is 1. The highest BCUT2D eigenvalue weighted by Crippen LogP contribution is 2.22. The number of aliphatic hydroxyl groups excluding tert-OH is 1. The standard InChI is InChI=1S/C12H19N3O3/c1-15(9-12(17)2-4-18-5-3-12)11-7-13-10(8-16)6-14-11/h6-7,16-17H,2-5,8-9H2,1H3. The van der Waals surface area contributed by atoms with E-state index in [1.807, 2.05) is 11.9 Å². The van der Waals surface area contributed by atoms with Crippen molar-refractivity contribution in [3.05, 3.63) is 18.1 Å². The SMILES string of the molecule is CN(CC1(O)CCOCC1)c1cnc(CO)cn1. The third kappa shape index (κ3) is 3.16. The van der Waals surface area contributed by atoms with Gasteiger partial charge in [-0.05, 0) is 0 Å². The first-order valence-corrected chi connectivity index (χ1v) is 6.06. The molecule has 100 valence electrons. The molecule has 2 heterocycles. The van der Waals surface area contributed by atoms with Crippen LogP contribution < -0.4 is 4.90 Å². The Kier molecular flexibility index (Phi) is 4.11. The maximum Gasteiger partial charge on any atom is 0.146 e. The molecule has 0 unspecified atom stereocenters. The minimum Gasteiger partial charge on any atom is -0.390 e. The van der Waals surface area contributed by atoms with Gasteiger partial charge in [-0.15, -0.1) is 0 Å². The Morgan fingerprint density at radius 2 is 2.06 bits per heavy atom. The Balaban J connectivity index is 1.99. The predicted molar refractivity (Wildman–Crippen MR) is 66.2 cm³/mol. The van der Waals surface area contributed by atoms with Gasteiger partial charge in [-0.3, -0.25) is 4.98 Å². The highest BCUT2D eigenvalue weighted by Gasteiger charge is 2.31. The van der Waals surface area contributed by atoms with E-state index in [2.05, 4.69) is 9.97 Å². The molecule has 1 fully saturated rings. The van der Waals surface area contributed by atoms with Crippen LogP contribution in [0, 0.1) is 0 Å². The van der Waals surface area contributed by atoms with Crippen molar-refractivity contribution in [1.82, 2.24) is 9.97 Å². The highest BCUT2D eigenvalue weighted by molar-refractivity contribution is 5.35. The Hall–Kier alpha value is -1.24. The summed E-state index contributed by atoms with van der Waals surface area (Å²) in [6.45, 7) is 1.58. The molecule has 18 heavy (non-hydrogen) atoms. The molecule has 0 aromatic carbocycles. The Morgan fingerprint density at radius 3 is 2.61 bits per heavy atom. The smallest absolute Gasteiger partial charge is 0.146 e. The van der Waals surface area contributed by atoms with Crippen LogP contribution in [0.1, 0.15) is 18.5 Å². The van der Waals surface area contributed by atoms with Crippen LogP contribution in [0.4, 0.5) is 5.82 Å². The molecule has 1 aromatic rings. The summed E-state index contributed by atoms with van der Waals surface area (Å²) in [5.41, 5.74) is -0.179. The summed E-state index contributed by atoms with van der Waals surface area (Å²) in [5.74, 6) is 0.687. The molecule has 2 rings (SSSR count). The van der Waals surface area contributed by atoms with Gasteiger partial charge >= 0.3 is 0 Å². The van der Waals surface area contributed by atoms with Crippen molar-refractivity contribution in [3.8, 4) is 0 Å². The zero-order chi connectivity index (χ0) is 13.0. The number of nitrogens with zero attached hydrogens (tertiary/aromatic N) is 3. The number of anilines is 1. The van der Waals surface area contributed by atoms with Gasteiger partial charge in [0.2, 0.25) is 0 Å². The van der Waals surface area contributed by atoms with E-state index in [-0.39, 0.29) is 6.61 Å². The zero-order valence-corrected chi connectivity index (χ0v) is 10.5. The fourth-order valence-corrected chi connectivity index (χ4v) is 2.06. The molecule has 1 aromatic heterocycles. The first kappa shape index (κ1) is 13.2. The summed E-state index contributed by atoms with van der Waals surface area (Å²) in [4.78, 5) is 10.2. The quantitative estimate of drug-likeness (QED) is 0.783. The Labute approximate surface area is 106 Å². The average molecular weight is 253 g/mol. The molecule has 0 spiro atoms. The normalized spacial score (nSPS) is 18.6. The van der Waals surface area contributed by atoms with Crippen LogP contribution in [-0.4, -0.2) is 52.6 Å². The van der Waals surface area contributed by atoms with Gasteiger partial charge in [0, 0.05) is 39.6 Å². The van der Waals surface area contributed by atoms with Crippen molar-refractivity contribution in [1.29, 1.82) is 0 Å². The van der Waals surface area contributed by atoms with Crippen molar-refractivity contribution >= 4 is 5.82 Å². The lowest BCUT2D eigenvalue weighted by molar-refractivity contribution is -0.0573. The van der Waals surface area contributed by atoms with Crippen LogP contribution >= 0.6 is 0 Å². The topological polar surface area (TPSA) is 78.7 Å². The number of hydrogen-bond donors (Lipinski definition) is 2. The van der Waals surface area contributed by atoms with Crippen molar-refractivity contribution < 1.29 is 14.9 Å². The van der Waals surface area contributed by atoms with Crippen LogP contribution in [0.3, 0.4) is 0 Å². The summed E-state index contributed by atoms with van der Waals surface area (Å²) in [6, 6.07) is 0. The minimum atomic E-state index is -0.718. The van der Waals surface area contributed by atoms with E-state index in [0.29, 0.717) is 44.1 Å². The molecular weight excluding hydrogens is 234 g/mol. The first-order valence-electron chi connectivity index (χ1n) is 6.06. The van der Waals surface area contributed by atoms with Crippen LogP contribution in [0.2, 0.25) is 0 Å². The van der Waals surface area contributed by atoms with Crippen molar-refractivity contribution in [2.75, 3.05) is 31.7 Å². The van der Waals surface area contributed by atoms with E-state index >= 15 is 0 Å². The fourth-order valence-electron chi connectivity index (χ4n) is 2.06. The van der Waals surface area contributed by atoms with Gasteiger partial charge in [0.25, 0.3) is 0 Å². The van der Waals surface area contributed by atoms with Crippen LogP contribution in [-0.2, 0) is 11.3 Å². The third-order valence-electron chi connectivity index (χ3n) is 3.20. The second-order valence-electron chi connectivity index (χ2n) is 4.72. The van der Waals surface area contributed by atoms with Crippen LogP contribution in [0.5, 0.6) is 0 Å². The van der Waals surface area contributed by atoms with E-state index in [1.54, 1.807) is 12.4 Å². The zero-order valence-electron chi connectivity index (χ0n) is 10.5. The Morgan fingerprint density at radius 1 is 1.33 bits per heavy atom. The summed E-state index contributed by atoms with van der Waals surface area (Å²) in [5, 5.41) is 19.3. The molecule has 6 nitrogen and oxygen atoms in total. The monoisotopic (exact) mass is 253 g/mol.